The summed E-state index contributed by atoms with van der Waals surface area (Å²) in [6.45, 7) is 0. The molecule has 2 aromatic carbocycles. The van der Waals surface area contributed by atoms with Crippen molar-refractivity contribution in [3.8, 4) is 11.5 Å². The molecule has 0 fully saturated rings. The molecule has 0 atom stereocenters. The lowest BCUT2D eigenvalue weighted by Crippen LogP contribution is -2.64. The van der Waals surface area contributed by atoms with Crippen molar-refractivity contribution in [1.82, 2.24) is 0 Å². The van der Waals surface area contributed by atoms with E-state index in [9.17, 15) is 62.9 Å². The van der Waals surface area contributed by atoms with Crippen molar-refractivity contribution >= 4 is 11.4 Å². The van der Waals surface area contributed by atoms with Gasteiger partial charge in [-0.25, -0.2) is 0 Å². The van der Waals surface area contributed by atoms with Gasteiger partial charge in [-0.05, 0) is 46.5 Å². The first-order chi connectivity index (χ1) is 15.1. The van der Waals surface area contributed by atoms with Crippen LogP contribution in [-0.4, -0.2) is 34.9 Å². The van der Waals surface area contributed by atoms with Crippen LogP contribution in [0, 0.1) is 0 Å². The van der Waals surface area contributed by atoms with Gasteiger partial charge in [-0.2, -0.15) is 52.7 Å². The van der Waals surface area contributed by atoms with Crippen molar-refractivity contribution < 1.29 is 62.9 Å². The average molecular weight is 514 g/mol. The molecule has 34 heavy (non-hydrogen) atoms. The summed E-state index contributed by atoms with van der Waals surface area (Å²) in [5.41, 5.74) is -13.9. The number of aromatic hydroxyl groups is 2. The number of alkyl halides is 12. The van der Waals surface area contributed by atoms with Gasteiger partial charge in [0, 0.05) is 0 Å². The quantitative estimate of drug-likeness (QED) is 0.215. The zero-order chi connectivity index (χ0) is 26.4. The average Bonchev–Trinajstić information content (AvgIpc) is 2.58. The third-order valence-electron chi connectivity index (χ3n) is 5.65. The summed E-state index contributed by atoms with van der Waals surface area (Å²) in [6.07, 6.45) is -26.5. The number of nitrogen functional groups attached to an aromatic ring is 2. The smallest absolute Gasteiger partial charge is 0.411 e. The number of hydrogen-bond donors (Lipinski definition) is 4. The van der Waals surface area contributed by atoms with E-state index >= 15 is 0 Å². The van der Waals surface area contributed by atoms with Gasteiger partial charge in [0.15, 0.2) is 0 Å². The van der Waals surface area contributed by atoms with E-state index in [-0.39, 0.29) is 0 Å². The summed E-state index contributed by atoms with van der Waals surface area (Å²) < 4.78 is 171. The van der Waals surface area contributed by atoms with Gasteiger partial charge in [-0.15, -0.1) is 0 Å². The van der Waals surface area contributed by atoms with E-state index in [0.717, 1.165) is 0 Å². The van der Waals surface area contributed by atoms with E-state index in [1.807, 2.05) is 0 Å². The third-order valence-corrected chi connectivity index (χ3v) is 5.65. The zero-order valence-electron chi connectivity index (χ0n) is 15.9. The number of phenols is 2. The van der Waals surface area contributed by atoms with Crippen LogP contribution in [0.25, 0.3) is 0 Å². The minimum Gasteiger partial charge on any atom is -0.506 e. The lowest BCUT2D eigenvalue weighted by Gasteiger charge is -2.50. The Bertz CT molecular complexity index is 980. The Morgan fingerprint density at radius 2 is 0.676 bits per heavy atom. The maximum absolute atomic E-state index is 14.3. The molecule has 6 N–H and O–H groups in total. The Kier molecular flexibility index (Phi) is 5.00. The first kappa shape index (κ1) is 25.4. The molecule has 0 aliphatic heterocycles. The summed E-state index contributed by atoms with van der Waals surface area (Å²) in [5.74, 6) is -3.28. The number of nitrogens with two attached hydrogens (primary N) is 2. The fourth-order valence-electron chi connectivity index (χ4n) is 4.28. The van der Waals surface area contributed by atoms with Crippen LogP contribution in [0.2, 0.25) is 0 Å². The Morgan fingerprint density at radius 1 is 0.471 bits per heavy atom. The van der Waals surface area contributed by atoms with E-state index < -0.39 is 105 Å². The summed E-state index contributed by atoms with van der Waals surface area (Å²) in [4.78, 5) is 0. The molecule has 0 unspecified atom stereocenters. The van der Waals surface area contributed by atoms with Crippen molar-refractivity contribution in [1.29, 1.82) is 0 Å². The van der Waals surface area contributed by atoms with Gasteiger partial charge in [0.2, 0.25) is 10.8 Å². The number of rotatable bonds is 0. The minimum absolute atomic E-state index is 0.441. The second kappa shape index (κ2) is 6.69. The molecule has 0 spiro atoms. The molecule has 0 heterocycles. The van der Waals surface area contributed by atoms with Gasteiger partial charge >= 0.3 is 24.7 Å². The van der Waals surface area contributed by atoms with Crippen molar-refractivity contribution in [2.45, 2.75) is 35.5 Å². The monoisotopic (exact) mass is 514 g/mol. The molecular formula is C18H10F12N2O2. The van der Waals surface area contributed by atoms with Crippen molar-refractivity contribution in [3.63, 3.8) is 0 Å². The molecule has 16 heteroatoms. The normalized spacial score (nSPS) is 17.8. The maximum atomic E-state index is 14.3. The summed E-state index contributed by atoms with van der Waals surface area (Å²) in [6, 6.07) is -1.98. The van der Waals surface area contributed by atoms with E-state index in [1.165, 1.54) is 0 Å². The van der Waals surface area contributed by atoms with Crippen molar-refractivity contribution in [3.05, 3.63) is 46.5 Å². The Morgan fingerprint density at radius 3 is 0.882 bits per heavy atom. The molecule has 2 aromatic rings. The zero-order valence-corrected chi connectivity index (χ0v) is 15.9. The molecule has 0 aromatic heterocycles. The fourth-order valence-corrected chi connectivity index (χ4v) is 4.28. The van der Waals surface area contributed by atoms with Gasteiger partial charge in [0.25, 0.3) is 0 Å². The SMILES string of the molecule is Nc1cc2c(cc1O)C(C(F)(F)F)(C(F)(F)F)c1cc(O)c(N)cc1C2(C(F)(F)F)C(F)(F)F. The van der Waals surface area contributed by atoms with Crippen LogP contribution in [0.5, 0.6) is 11.5 Å². The van der Waals surface area contributed by atoms with Crippen LogP contribution in [0.15, 0.2) is 24.3 Å². The molecule has 1 aliphatic rings. The maximum Gasteiger partial charge on any atom is 0.411 e. The molecule has 3 rings (SSSR count). The first-order valence-corrected chi connectivity index (χ1v) is 8.60. The van der Waals surface area contributed by atoms with Gasteiger partial charge in [0.05, 0.1) is 11.4 Å². The number of halogens is 12. The lowest BCUT2D eigenvalue weighted by molar-refractivity contribution is -0.307. The van der Waals surface area contributed by atoms with Crippen LogP contribution in [0.3, 0.4) is 0 Å². The largest absolute Gasteiger partial charge is 0.506 e. The van der Waals surface area contributed by atoms with E-state index in [4.69, 9.17) is 11.5 Å². The fraction of sp³-hybridized carbons (Fsp3) is 0.333. The van der Waals surface area contributed by atoms with Gasteiger partial charge in [-0.3, -0.25) is 0 Å². The predicted octanol–water partition coefficient (Wildman–Crippen LogP) is 5.40. The van der Waals surface area contributed by atoms with Crippen molar-refractivity contribution in [2.24, 2.45) is 0 Å². The number of fused-ring (bicyclic) bond motifs is 2. The molecule has 188 valence electrons. The van der Waals surface area contributed by atoms with Gasteiger partial charge < -0.3 is 21.7 Å². The number of hydrogen-bond acceptors (Lipinski definition) is 4. The van der Waals surface area contributed by atoms with Gasteiger partial charge in [0.1, 0.15) is 11.5 Å². The highest BCUT2D eigenvalue weighted by atomic mass is 19.4. The molecular weight excluding hydrogens is 504 g/mol. The summed E-state index contributed by atoms with van der Waals surface area (Å²) in [7, 11) is 0. The standard InChI is InChI=1S/C18H10F12N2O2/c19-15(20,21)13(16(22,23)24)5-1-9(31)11(33)3-7(5)14(17(25,26)27,18(28,29)30)8-4-12(34)10(32)2-6(8)13/h1-4,33-34H,31-32H2. The topological polar surface area (TPSA) is 92.5 Å². The molecule has 0 saturated heterocycles. The predicted molar refractivity (Wildman–Crippen MR) is 90.8 cm³/mol. The Labute approximate surface area is 180 Å². The van der Waals surface area contributed by atoms with Crippen LogP contribution in [0.1, 0.15) is 22.3 Å². The number of benzene rings is 2. The highest BCUT2D eigenvalue weighted by molar-refractivity contribution is 5.73. The number of anilines is 2. The van der Waals surface area contributed by atoms with Crippen LogP contribution >= 0.6 is 0 Å². The van der Waals surface area contributed by atoms with E-state index in [2.05, 4.69) is 0 Å². The Hall–Kier alpha value is -3.20. The van der Waals surface area contributed by atoms with Crippen molar-refractivity contribution in [2.75, 3.05) is 11.5 Å². The highest BCUT2D eigenvalue weighted by Gasteiger charge is 2.83. The summed E-state index contributed by atoms with van der Waals surface area (Å²) in [5, 5.41) is 19.3. The highest BCUT2D eigenvalue weighted by Crippen LogP contribution is 2.69. The van der Waals surface area contributed by atoms with Crippen LogP contribution in [-0.2, 0) is 10.8 Å². The molecule has 4 nitrogen and oxygen atoms in total. The lowest BCUT2D eigenvalue weighted by atomic mass is 9.55. The molecule has 0 bridgehead atoms. The molecule has 0 radical (unpaired) electrons. The second-order valence-electron chi connectivity index (χ2n) is 7.40. The number of phenolic OH excluding ortho intramolecular Hbond substituents is 2. The third kappa shape index (κ3) is 2.82. The molecule has 1 aliphatic carbocycles. The van der Waals surface area contributed by atoms with Gasteiger partial charge in [-0.1, -0.05) is 0 Å². The molecule has 0 saturated carbocycles. The van der Waals surface area contributed by atoms with E-state index in [1.54, 1.807) is 0 Å². The minimum atomic E-state index is -6.64. The molecule has 0 amide bonds. The van der Waals surface area contributed by atoms with Crippen LogP contribution < -0.4 is 11.5 Å². The first-order valence-electron chi connectivity index (χ1n) is 8.60. The Balaban J connectivity index is 2.85. The summed E-state index contributed by atoms with van der Waals surface area (Å²) >= 11 is 0. The van der Waals surface area contributed by atoms with E-state index in [0.29, 0.717) is 0 Å². The van der Waals surface area contributed by atoms with Crippen LogP contribution in [0.4, 0.5) is 64.1 Å². The second-order valence-corrected chi connectivity index (χ2v) is 7.40.